The summed E-state index contributed by atoms with van der Waals surface area (Å²) in [6.07, 6.45) is 3.52. The SMILES string of the molecule is C#CC1(O)C[C@@H](COOP(=O)(O)OP(=O)(O)O)O[C@H]1n1ccc(=O)[nH]c1=O. The second kappa shape index (κ2) is 7.78. The fourth-order valence-corrected chi connectivity index (χ4v) is 3.63. The Labute approximate surface area is 150 Å². The predicted octanol–water partition coefficient (Wildman–Crippen LogP) is -1.65. The summed E-state index contributed by atoms with van der Waals surface area (Å²) in [7, 11) is -10.6. The highest BCUT2D eigenvalue weighted by molar-refractivity contribution is 7.60. The average Bonchev–Trinajstić information content (AvgIpc) is 2.82. The number of H-pyrrole nitrogens is 1. The Kier molecular flexibility index (Phi) is 6.25. The predicted molar refractivity (Wildman–Crippen MR) is 83.6 cm³/mol. The van der Waals surface area contributed by atoms with Crippen LogP contribution in [0.15, 0.2) is 21.9 Å². The molecule has 4 atom stereocenters. The number of nitrogens with one attached hydrogen (secondary N) is 1. The van der Waals surface area contributed by atoms with Crippen LogP contribution in [0.5, 0.6) is 0 Å². The van der Waals surface area contributed by atoms with Crippen LogP contribution in [0.2, 0.25) is 0 Å². The Hall–Kier alpha value is -1.62. The van der Waals surface area contributed by atoms with Crippen LogP contribution in [0, 0.1) is 12.3 Å². The molecule has 1 aliphatic heterocycles. The molecule has 0 aliphatic carbocycles. The molecule has 5 N–H and O–H groups in total. The first-order valence-corrected chi connectivity index (χ1v) is 9.96. The number of ether oxygens (including phenoxy) is 1. The number of nitrogens with zero attached hydrogens (tertiary/aromatic N) is 1. The van der Waals surface area contributed by atoms with Gasteiger partial charge >= 0.3 is 21.3 Å². The Morgan fingerprint density at radius 3 is 2.63 bits per heavy atom. The van der Waals surface area contributed by atoms with E-state index in [9.17, 15) is 23.8 Å². The average molecular weight is 428 g/mol. The first-order chi connectivity index (χ1) is 12.4. The number of terminal acetylenes is 1. The van der Waals surface area contributed by atoms with Crippen LogP contribution in [-0.2, 0) is 27.7 Å². The number of aromatic nitrogens is 2. The van der Waals surface area contributed by atoms with Crippen molar-refractivity contribution in [2.24, 2.45) is 0 Å². The van der Waals surface area contributed by atoms with Gasteiger partial charge in [0, 0.05) is 18.7 Å². The fourth-order valence-electron chi connectivity index (χ4n) is 2.25. The molecule has 16 heteroatoms. The third-order valence-corrected chi connectivity index (χ3v) is 5.20. The molecule has 150 valence electrons. The molecule has 1 saturated heterocycles. The van der Waals surface area contributed by atoms with Crippen LogP contribution in [0.1, 0.15) is 12.6 Å². The monoisotopic (exact) mass is 428 g/mol. The van der Waals surface area contributed by atoms with Gasteiger partial charge in [0.1, 0.15) is 6.61 Å². The molecule has 2 heterocycles. The minimum atomic E-state index is -5.32. The van der Waals surface area contributed by atoms with Gasteiger partial charge < -0.3 is 24.5 Å². The molecule has 1 aliphatic rings. The lowest BCUT2D eigenvalue weighted by atomic mass is 9.99. The maximum absolute atomic E-state index is 11.8. The van der Waals surface area contributed by atoms with Gasteiger partial charge in [-0.2, -0.15) is 4.31 Å². The summed E-state index contributed by atoms with van der Waals surface area (Å²) in [4.78, 5) is 55.3. The zero-order chi connectivity index (χ0) is 20.5. The molecular formula is C11H14N2O12P2. The van der Waals surface area contributed by atoms with Gasteiger partial charge in [0.25, 0.3) is 5.56 Å². The summed E-state index contributed by atoms with van der Waals surface area (Å²) in [5, 5.41) is 10.4. The van der Waals surface area contributed by atoms with E-state index in [4.69, 9.17) is 25.8 Å². The van der Waals surface area contributed by atoms with Crippen LogP contribution in [0.3, 0.4) is 0 Å². The summed E-state index contributed by atoms with van der Waals surface area (Å²) in [6.45, 7) is -0.631. The minimum Gasteiger partial charge on any atom is -0.373 e. The number of aromatic amines is 1. The largest absolute Gasteiger partial charge is 0.508 e. The van der Waals surface area contributed by atoms with Gasteiger partial charge in [-0.1, -0.05) is 5.92 Å². The molecule has 1 fully saturated rings. The molecule has 0 bridgehead atoms. The molecule has 1 aromatic rings. The van der Waals surface area contributed by atoms with Crippen LogP contribution >= 0.6 is 15.6 Å². The van der Waals surface area contributed by atoms with E-state index in [0.717, 1.165) is 16.8 Å². The van der Waals surface area contributed by atoms with Crippen molar-refractivity contribution in [3.8, 4) is 12.3 Å². The van der Waals surface area contributed by atoms with Crippen molar-refractivity contribution in [3.05, 3.63) is 33.1 Å². The van der Waals surface area contributed by atoms with Gasteiger partial charge in [-0.05, 0) is 0 Å². The lowest BCUT2D eigenvalue weighted by molar-refractivity contribution is -0.241. The summed E-state index contributed by atoms with van der Waals surface area (Å²) in [5.74, 6) is 2.05. The Morgan fingerprint density at radius 1 is 1.41 bits per heavy atom. The molecule has 1 aromatic heterocycles. The van der Waals surface area contributed by atoms with Gasteiger partial charge in [0.15, 0.2) is 11.8 Å². The first-order valence-electron chi connectivity index (χ1n) is 6.93. The summed E-state index contributed by atoms with van der Waals surface area (Å²) >= 11 is 0. The lowest BCUT2D eigenvalue weighted by Crippen LogP contribution is -2.41. The molecule has 27 heavy (non-hydrogen) atoms. The number of hydrogen-bond acceptors (Lipinski definition) is 9. The van der Waals surface area contributed by atoms with Crippen molar-refractivity contribution in [1.29, 1.82) is 0 Å². The molecule has 0 radical (unpaired) electrons. The van der Waals surface area contributed by atoms with Gasteiger partial charge in [-0.25, -0.2) is 18.8 Å². The van der Waals surface area contributed by atoms with E-state index in [-0.39, 0.29) is 6.42 Å². The molecule has 0 spiro atoms. The van der Waals surface area contributed by atoms with E-state index >= 15 is 0 Å². The highest BCUT2D eigenvalue weighted by Crippen LogP contribution is 2.57. The molecular weight excluding hydrogens is 414 g/mol. The first kappa shape index (κ1) is 21.7. The maximum atomic E-state index is 11.8. The fraction of sp³-hybridized carbons (Fsp3) is 0.455. The summed E-state index contributed by atoms with van der Waals surface area (Å²) in [6, 6.07) is 0.996. The van der Waals surface area contributed by atoms with E-state index in [2.05, 4.69) is 13.9 Å². The Balaban J connectivity index is 2.06. The second-order valence-electron chi connectivity index (χ2n) is 5.30. The third-order valence-electron chi connectivity index (χ3n) is 3.23. The van der Waals surface area contributed by atoms with Crippen molar-refractivity contribution in [3.63, 3.8) is 0 Å². The van der Waals surface area contributed by atoms with Crippen LogP contribution in [-0.4, -0.2) is 47.6 Å². The topological polar surface area (TPSA) is 207 Å². The van der Waals surface area contributed by atoms with Crippen LogP contribution in [0.25, 0.3) is 0 Å². The van der Waals surface area contributed by atoms with E-state index in [0.29, 0.717) is 0 Å². The van der Waals surface area contributed by atoms with E-state index in [1.807, 2.05) is 10.9 Å². The van der Waals surface area contributed by atoms with E-state index in [1.165, 1.54) is 0 Å². The Morgan fingerprint density at radius 2 is 2.07 bits per heavy atom. The van der Waals surface area contributed by atoms with Crippen molar-refractivity contribution in [2.75, 3.05) is 6.61 Å². The molecule has 0 saturated carbocycles. The molecule has 0 amide bonds. The maximum Gasteiger partial charge on any atom is 0.508 e. The van der Waals surface area contributed by atoms with Gasteiger partial charge in [-0.3, -0.25) is 14.3 Å². The van der Waals surface area contributed by atoms with Crippen molar-refractivity contribution in [1.82, 2.24) is 9.55 Å². The van der Waals surface area contributed by atoms with Crippen molar-refractivity contribution < 1.29 is 47.5 Å². The third kappa shape index (κ3) is 5.68. The molecule has 2 unspecified atom stereocenters. The number of rotatable bonds is 7. The van der Waals surface area contributed by atoms with Gasteiger partial charge in [-0.15, -0.1) is 11.1 Å². The quantitative estimate of drug-likeness (QED) is 0.143. The zero-order valence-electron chi connectivity index (χ0n) is 13.2. The summed E-state index contributed by atoms with van der Waals surface area (Å²) in [5.41, 5.74) is -3.59. The van der Waals surface area contributed by atoms with E-state index in [1.54, 1.807) is 0 Å². The minimum absolute atomic E-state index is 0.307. The standard InChI is InChI=1S/C11H14N2O12P2/c1-2-11(16)5-7(6-22-24-27(20,21)25-26(17,18)19)23-9(11)13-4-3-8(14)12-10(13)15/h1,3-4,7,9,16H,5-6H2,(H,20,21)(H,12,14,15)(H2,17,18,19)/t7-,9+,11?/m0/s1. The van der Waals surface area contributed by atoms with Gasteiger partial charge in [0.05, 0.1) is 6.10 Å². The van der Waals surface area contributed by atoms with Crippen LogP contribution < -0.4 is 11.2 Å². The second-order valence-corrected chi connectivity index (χ2v) is 8.02. The normalized spacial score (nSPS) is 27.8. The highest BCUT2D eigenvalue weighted by atomic mass is 31.3. The zero-order valence-corrected chi connectivity index (χ0v) is 15.0. The smallest absolute Gasteiger partial charge is 0.373 e. The number of aliphatic hydroxyl groups is 1. The molecule has 14 nitrogen and oxygen atoms in total. The molecule has 0 aromatic carbocycles. The number of phosphoric acid groups is 2. The van der Waals surface area contributed by atoms with Crippen LogP contribution in [0.4, 0.5) is 0 Å². The Bertz CT molecular complexity index is 944. The lowest BCUT2D eigenvalue weighted by Gasteiger charge is -2.23. The number of hydrogen-bond donors (Lipinski definition) is 5. The van der Waals surface area contributed by atoms with E-state index < -0.39 is 51.4 Å². The van der Waals surface area contributed by atoms with Crippen molar-refractivity contribution in [2.45, 2.75) is 24.4 Å². The highest BCUT2D eigenvalue weighted by Gasteiger charge is 2.48. The summed E-state index contributed by atoms with van der Waals surface area (Å²) < 4.78 is 35.4. The van der Waals surface area contributed by atoms with Gasteiger partial charge in [0.2, 0.25) is 0 Å². The molecule has 2 rings (SSSR count). The van der Waals surface area contributed by atoms with Crippen molar-refractivity contribution >= 4 is 15.6 Å².